The van der Waals surface area contributed by atoms with Crippen molar-refractivity contribution in [1.29, 1.82) is 0 Å². The summed E-state index contributed by atoms with van der Waals surface area (Å²) in [5, 5.41) is 40.9. The van der Waals surface area contributed by atoms with Crippen LogP contribution in [0.1, 0.15) is 46.8 Å². The molecule has 2 aliphatic heterocycles. The number of phenolic OH excluding ortho intramolecular Hbond substituents is 1. The van der Waals surface area contributed by atoms with Crippen molar-refractivity contribution in [2.24, 2.45) is 0 Å². The van der Waals surface area contributed by atoms with Gasteiger partial charge in [-0.15, -0.1) is 0 Å². The minimum Gasteiger partial charge on any atom is -0.507 e. The first kappa shape index (κ1) is 29.1. The molecule has 5 atom stereocenters. The van der Waals surface area contributed by atoms with E-state index in [9.17, 15) is 34.8 Å². The number of aliphatic hydroxyl groups excluding tert-OH is 3. The van der Waals surface area contributed by atoms with Gasteiger partial charge in [0.25, 0.3) is 0 Å². The van der Waals surface area contributed by atoms with Crippen molar-refractivity contribution in [1.82, 2.24) is 0 Å². The number of allylic oxidation sites excluding steroid dienone is 2. The summed E-state index contributed by atoms with van der Waals surface area (Å²) in [5.41, 5.74) is 2.55. The number of aromatic hydroxyl groups is 1. The fraction of sp³-hybridized carbons (Fsp3) is 0.500. The van der Waals surface area contributed by atoms with Gasteiger partial charge >= 0.3 is 17.9 Å². The molecule has 3 rings (SSSR count). The van der Waals surface area contributed by atoms with Crippen LogP contribution in [0.15, 0.2) is 24.3 Å². The Morgan fingerprint density at radius 3 is 2.53 bits per heavy atom. The molecule has 0 bridgehead atoms. The van der Waals surface area contributed by atoms with Gasteiger partial charge in [0.05, 0.1) is 7.11 Å². The molecule has 38 heavy (non-hydrogen) atoms. The fourth-order valence-electron chi connectivity index (χ4n) is 4.26. The van der Waals surface area contributed by atoms with Gasteiger partial charge in [-0.3, -0.25) is 4.79 Å². The Labute approximate surface area is 219 Å². The molecule has 1 fully saturated rings. The largest absolute Gasteiger partial charge is 0.507 e. The van der Waals surface area contributed by atoms with Crippen LogP contribution in [0.2, 0.25) is 0 Å². The van der Waals surface area contributed by atoms with Crippen molar-refractivity contribution in [3.05, 3.63) is 46.6 Å². The number of ether oxygens (including phenoxy) is 5. The number of carbonyl (C=O) groups is 3. The topological polar surface area (TPSA) is 178 Å². The number of esters is 3. The molecule has 2 aliphatic rings. The van der Waals surface area contributed by atoms with Gasteiger partial charge in [-0.2, -0.15) is 0 Å². The first-order valence-corrected chi connectivity index (χ1v) is 11.9. The van der Waals surface area contributed by atoms with E-state index >= 15 is 0 Å². The minimum atomic E-state index is -1.82. The number of hydrogen-bond donors (Lipinski definition) is 4. The molecule has 0 aromatic heterocycles. The van der Waals surface area contributed by atoms with Crippen LogP contribution in [0.5, 0.6) is 11.5 Å². The first-order chi connectivity index (χ1) is 18.0. The lowest BCUT2D eigenvalue weighted by Gasteiger charge is -2.38. The molecule has 3 unspecified atom stereocenters. The Bertz CT molecular complexity index is 1120. The second kappa shape index (κ2) is 12.4. The normalized spacial score (nSPS) is 24.8. The molecule has 12 heteroatoms. The van der Waals surface area contributed by atoms with Crippen molar-refractivity contribution in [2.75, 3.05) is 13.7 Å². The number of phenols is 1. The zero-order chi connectivity index (χ0) is 28.1. The maximum atomic E-state index is 12.4. The van der Waals surface area contributed by atoms with Crippen LogP contribution in [0.25, 0.3) is 0 Å². The third-order valence-electron chi connectivity index (χ3n) is 6.42. The lowest BCUT2D eigenvalue weighted by molar-refractivity contribution is -0.287. The second-order valence-electron chi connectivity index (χ2n) is 8.98. The van der Waals surface area contributed by atoms with E-state index in [4.69, 9.17) is 23.7 Å². The fourth-order valence-corrected chi connectivity index (χ4v) is 4.26. The molecule has 2 heterocycles. The van der Waals surface area contributed by atoms with Crippen LogP contribution in [-0.2, 0) is 41.6 Å². The molecule has 12 nitrogen and oxygen atoms in total. The Morgan fingerprint density at radius 2 is 1.87 bits per heavy atom. The Hall–Kier alpha value is -3.45. The number of methoxy groups -OCH3 is 1. The van der Waals surface area contributed by atoms with E-state index in [1.165, 1.54) is 13.2 Å². The summed E-state index contributed by atoms with van der Waals surface area (Å²) in [6.45, 7) is 6.82. The van der Waals surface area contributed by atoms with Gasteiger partial charge in [-0.1, -0.05) is 24.3 Å². The molecule has 0 amide bonds. The molecule has 1 saturated heterocycles. The summed E-state index contributed by atoms with van der Waals surface area (Å²) < 4.78 is 25.6. The molecule has 1 aromatic rings. The van der Waals surface area contributed by atoms with Gasteiger partial charge in [0.1, 0.15) is 48.6 Å². The lowest BCUT2D eigenvalue weighted by atomic mass is 9.94. The number of benzene rings is 1. The van der Waals surface area contributed by atoms with Crippen molar-refractivity contribution in [3.8, 4) is 11.5 Å². The lowest BCUT2D eigenvalue weighted by Crippen LogP contribution is -2.60. The van der Waals surface area contributed by atoms with E-state index in [1.807, 2.05) is 0 Å². The SMILES string of the molecule is C=CCOC(=O)C1O[C@@H](OC(=O)CC/C(C)=C/Cc2c(O)c3c(c(C)c2OC)COC3=O)C(O)C(O)[C@@H]1O. The molecular formula is C26H32O12. The summed E-state index contributed by atoms with van der Waals surface area (Å²) in [6, 6.07) is 0. The molecule has 0 aliphatic carbocycles. The first-order valence-electron chi connectivity index (χ1n) is 11.9. The number of carbonyl (C=O) groups excluding carboxylic acids is 3. The van der Waals surface area contributed by atoms with Gasteiger partial charge in [0, 0.05) is 17.5 Å². The monoisotopic (exact) mass is 536 g/mol. The minimum absolute atomic E-state index is 0.0628. The predicted molar refractivity (Wildman–Crippen MR) is 129 cm³/mol. The van der Waals surface area contributed by atoms with Crippen LogP contribution < -0.4 is 4.74 Å². The Balaban J connectivity index is 1.62. The molecule has 0 spiro atoms. The molecule has 4 N–H and O–H groups in total. The standard InChI is InChI=1S/C26H32O12/c1-5-10-35-25(33)23-20(30)19(29)21(31)26(38-23)37-16(27)9-7-12(2)6-8-14-18(28)17-15(11-36-24(17)32)13(3)22(14)34-4/h5-6,19-21,23,26,28-31H,1,7-11H2,2-4H3/b12-6+/t19?,20-,21?,23?,26+/m0/s1. The van der Waals surface area contributed by atoms with Crippen LogP contribution >= 0.6 is 0 Å². The predicted octanol–water partition coefficient (Wildman–Crippen LogP) is 0.729. The van der Waals surface area contributed by atoms with Crippen LogP contribution in [-0.4, -0.2) is 82.8 Å². The number of aliphatic hydroxyl groups is 3. The quantitative estimate of drug-likeness (QED) is 0.187. The summed E-state index contributed by atoms with van der Waals surface area (Å²) in [6.07, 6.45) is -5.44. The summed E-state index contributed by atoms with van der Waals surface area (Å²) in [7, 11) is 1.46. The molecule has 1 aromatic carbocycles. The maximum Gasteiger partial charge on any atom is 0.342 e. The summed E-state index contributed by atoms with van der Waals surface area (Å²) >= 11 is 0. The smallest absolute Gasteiger partial charge is 0.342 e. The highest BCUT2D eigenvalue weighted by Gasteiger charge is 2.49. The number of fused-ring (bicyclic) bond motifs is 1. The highest BCUT2D eigenvalue weighted by Crippen LogP contribution is 2.42. The molecular weight excluding hydrogens is 504 g/mol. The van der Waals surface area contributed by atoms with E-state index in [0.717, 1.165) is 5.57 Å². The van der Waals surface area contributed by atoms with Crippen molar-refractivity contribution < 1.29 is 58.5 Å². The average Bonchev–Trinajstić information content (AvgIpc) is 3.29. The summed E-state index contributed by atoms with van der Waals surface area (Å²) in [4.78, 5) is 36.5. The zero-order valence-corrected chi connectivity index (χ0v) is 21.3. The number of hydrogen-bond acceptors (Lipinski definition) is 12. The molecule has 0 radical (unpaired) electrons. The van der Waals surface area contributed by atoms with Gasteiger partial charge in [-0.25, -0.2) is 9.59 Å². The van der Waals surface area contributed by atoms with Crippen molar-refractivity contribution in [2.45, 2.75) is 70.4 Å². The Morgan fingerprint density at radius 1 is 1.16 bits per heavy atom. The van der Waals surface area contributed by atoms with Crippen LogP contribution in [0.3, 0.4) is 0 Å². The maximum absolute atomic E-state index is 12.4. The van der Waals surface area contributed by atoms with Gasteiger partial charge < -0.3 is 44.1 Å². The van der Waals surface area contributed by atoms with E-state index in [-0.39, 0.29) is 43.8 Å². The van der Waals surface area contributed by atoms with E-state index in [2.05, 4.69) is 6.58 Å². The number of cyclic esters (lactones) is 1. The van der Waals surface area contributed by atoms with Gasteiger partial charge in [0.15, 0.2) is 6.10 Å². The van der Waals surface area contributed by atoms with Crippen LogP contribution in [0, 0.1) is 6.92 Å². The highest BCUT2D eigenvalue weighted by atomic mass is 16.7. The third kappa shape index (κ3) is 5.99. The van der Waals surface area contributed by atoms with E-state index in [0.29, 0.717) is 22.4 Å². The zero-order valence-electron chi connectivity index (χ0n) is 21.3. The molecule has 0 saturated carbocycles. The second-order valence-corrected chi connectivity index (χ2v) is 8.98. The van der Waals surface area contributed by atoms with Gasteiger partial charge in [-0.05, 0) is 32.3 Å². The van der Waals surface area contributed by atoms with E-state index in [1.54, 1.807) is 19.9 Å². The third-order valence-corrected chi connectivity index (χ3v) is 6.42. The molecule has 208 valence electrons. The summed E-state index contributed by atoms with van der Waals surface area (Å²) in [5.74, 6) is -2.18. The highest BCUT2D eigenvalue weighted by molar-refractivity contribution is 5.98. The Kier molecular flexibility index (Phi) is 9.50. The van der Waals surface area contributed by atoms with Crippen LogP contribution in [0.4, 0.5) is 0 Å². The van der Waals surface area contributed by atoms with Gasteiger partial charge in [0.2, 0.25) is 6.29 Å². The number of rotatable bonds is 10. The van der Waals surface area contributed by atoms with Crippen molar-refractivity contribution in [3.63, 3.8) is 0 Å². The van der Waals surface area contributed by atoms with Crippen molar-refractivity contribution >= 4 is 17.9 Å². The van der Waals surface area contributed by atoms with E-state index < -0.39 is 48.6 Å². The average molecular weight is 537 g/mol.